The van der Waals surface area contributed by atoms with Gasteiger partial charge >= 0.3 is 0 Å². The minimum Gasteiger partial charge on any atom is -0.337 e. The topological polar surface area (TPSA) is 46.3 Å². The molecule has 1 heterocycles. The smallest absolute Gasteiger partial charge is 0.253 e. The summed E-state index contributed by atoms with van der Waals surface area (Å²) in [5.74, 6) is 0.107. The molecule has 0 bridgehead atoms. The molecule has 1 aromatic rings. The monoisotopic (exact) mass is 218 g/mol. The van der Waals surface area contributed by atoms with E-state index in [1.54, 1.807) is 0 Å². The van der Waals surface area contributed by atoms with Crippen molar-refractivity contribution in [1.82, 2.24) is 4.90 Å². The van der Waals surface area contributed by atoms with Gasteiger partial charge in [0.25, 0.3) is 5.91 Å². The molecular formula is C13H18N2O. The molecule has 16 heavy (non-hydrogen) atoms. The van der Waals surface area contributed by atoms with Gasteiger partial charge in [-0.15, -0.1) is 0 Å². The van der Waals surface area contributed by atoms with Crippen LogP contribution in [-0.4, -0.2) is 29.9 Å². The van der Waals surface area contributed by atoms with E-state index in [-0.39, 0.29) is 11.9 Å². The number of piperidine rings is 1. The second-order valence-corrected chi connectivity index (χ2v) is 4.52. The van der Waals surface area contributed by atoms with Crippen molar-refractivity contribution in [3.05, 3.63) is 35.4 Å². The van der Waals surface area contributed by atoms with Gasteiger partial charge in [0.15, 0.2) is 0 Å². The van der Waals surface area contributed by atoms with Crippen molar-refractivity contribution in [2.75, 3.05) is 13.1 Å². The van der Waals surface area contributed by atoms with Crippen LogP contribution in [0.25, 0.3) is 0 Å². The van der Waals surface area contributed by atoms with Crippen LogP contribution in [0.3, 0.4) is 0 Å². The van der Waals surface area contributed by atoms with E-state index in [9.17, 15) is 4.79 Å². The van der Waals surface area contributed by atoms with Gasteiger partial charge in [-0.3, -0.25) is 4.79 Å². The number of nitrogens with zero attached hydrogens (tertiary/aromatic N) is 1. The Kier molecular flexibility index (Phi) is 3.25. The van der Waals surface area contributed by atoms with Gasteiger partial charge < -0.3 is 10.6 Å². The van der Waals surface area contributed by atoms with E-state index in [4.69, 9.17) is 5.73 Å². The molecule has 1 aliphatic heterocycles. The van der Waals surface area contributed by atoms with Crippen LogP contribution in [-0.2, 0) is 0 Å². The van der Waals surface area contributed by atoms with Gasteiger partial charge in [0, 0.05) is 24.7 Å². The molecule has 2 N–H and O–H groups in total. The molecule has 3 heteroatoms. The number of carbonyl (C=O) groups excluding carboxylic acids is 1. The molecule has 1 amide bonds. The van der Waals surface area contributed by atoms with Crippen molar-refractivity contribution in [3.63, 3.8) is 0 Å². The highest BCUT2D eigenvalue weighted by atomic mass is 16.2. The van der Waals surface area contributed by atoms with E-state index in [2.05, 4.69) is 0 Å². The lowest BCUT2D eigenvalue weighted by Crippen LogP contribution is -2.45. The van der Waals surface area contributed by atoms with Crippen LogP contribution < -0.4 is 5.73 Å². The summed E-state index contributed by atoms with van der Waals surface area (Å²) in [6.45, 7) is 3.54. The molecule has 1 saturated heterocycles. The number of benzene rings is 1. The first kappa shape index (κ1) is 11.1. The Labute approximate surface area is 96.2 Å². The first-order chi connectivity index (χ1) is 7.66. The van der Waals surface area contributed by atoms with Crippen molar-refractivity contribution in [1.29, 1.82) is 0 Å². The summed E-state index contributed by atoms with van der Waals surface area (Å²) in [7, 11) is 0. The van der Waals surface area contributed by atoms with Crippen molar-refractivity contribution < 1.29 is 4.79 Å². The first-order valence-electron chi connectivity index (χ1n) is 5.78. The summed E-state index contributed by atoms with van der Waals surface area (Å²) in [5.41, 5.74) is 7.81. The number of aryl methyl sites for hydroxylation is 1. The summed E-state index contributed by atoms with van der Waals surface area (Å²) in [5, 5.41) is 0. The molecular weight excluding hydrogens is 200 g/mol. The Morgan fingerprint density at radius 3 is 2.69 bits per heavy atom. The van der Waals surface area contributed by atoms with E-state index in [1.807, 2.05) is 36.1 Å². The average molecular weight is 218 g/mol. The Hall–Kier alpha value is -1.35. The van der Waals surface area contributed by atoms with Crippen molar-refractivity contribution >= 4 is 5.91 Å². The summed E-state index contributed by atoms with van der Waals surface area (Å²) in [4.78, 5) is 14.0. The van der Waals surface area contributed by atoms with E-state index in [0.717, 1.165) is 24.9 Å². The lowest BCUT2D eigenvalue weighted by Gasteiger charge is -2.30. The molecule has 0 aliphatic carbocycles. The first-order valence-corrected chi connectivity index (χ1v) is 5.78. The van der Waals surface area contributed by atoms with Gasteiger partial charge in [-0.2, -0.15) is 0 Å². The number of likely N-dealkylation sites (tertiary alicyclic amines) is 1. The van der Waals surface area contributed by atoms with E-state index >= 15 is 0 Å². The summed E-state index contributed by atoms with van der Waals surface area (Å²) < 4.78 is 0. The Balaban J connectivity index is 2.09. The van der Waals surface area contributed by atoms with Crippen molar-refractivity contribution in [2.24, 2.45) is 5.73 Å². The standard InChI is InChI=1S/C13H18N2O/c1-10-4-6-11(7-5-10)13(16)15-8-2-3-12(14)9-15/h4-7,12H,2-3,8-9,14H2,1H3. The average Bonchev–Trinajstić information content (AvgIpc) is 2.29. The number of rotatable bonds is 1. The number of hydrogen-bond acceptors (Lipinski definition) is 2. The molecule has 1 fully saturated rings. The van der Waals surface area contributed by atoms with Crippen LogP contribution in [0.2, 0.25) is 0 Å². The maximum absolute atomic E-state index is 12.1. The minimum atomic E-state index is 0.107. The summed E-state index contributed by atoms with van der Waals surface area (Å²) >= 11 is 0. The molecule has 0 aromatic heterocycles. The Bertz CT molecular complexity index is 372. The van der Waals surface area contributed by atoms with Crippen LogP contribution >= 0.6 is 0 Å². The molecule has 0 radical (unpaired) electrons. The van der Waals surface area contributed by atoms with Gasteiger partial charge in [-0.25, -0.2) is 0 Å². The molecule has 86 valence electrons. The van der Waals surface area contributed by atoms with Crippen LogP contribution in [0, 0.1) is 6.92 Å². The molecule has 0 spiro atoms. The van der Waals surface area contributed by atoms with Crippen LogP contribution in [0.4, 0.5) is 0 Å². The number of hydrogen-bond donors (Lipinski definition) is 1. The fourth-order valence-electron chi connectivity index (χ4n) is 2.07. The highest BCUT2D eigenvalue weighted by Crippen LogP contribution is 2.13. The van der Waals surface area contributed by atoms with Crippen molar-refractivity contribution in [3.8, 4) is 0 Å². The van der Waals surface area contributed by atoms with Crippen LogP contribution in [0.1, 0.15) is 28.8 Å². The van der Waals surface area contributed by atoms with Crippen LogP contribution in [0.5, 0.6) is 0 Å². The second-order valence-electron chi connectivity index (χ2n) is 4.52. The number of carbonyl (C=O) groups is 1. The van der Waals surface area contributed by atoms with E-state index in [1.165, 1.54) is 5.56 Å². The number of nitrogens with two attached hydrogens (primary N) is 1. The predicted octanol–water partition coefficient (Wildman–Crippen LogP) is 1.56. The molecule has 2 rings (SSSR count). The summed E-state index contributed by atoms with van der Waals surface area (Å²) in [6, 6.07) is 7.85. The number of amides is 1. The molecule has 3 nitrogen and oxygen atoms in total. The van der Waals surface area contributed by atoms with Crippen molar-refractivity contribution in [2.45, 2.75) is 25.8 Å². The van der Waals surface area contributed by atoms with Gasteiger partial charge in [-0.05, 0) is 31.9 Å². The Morgan fingerprint density at radius 1 is 1.38 bits per heavy atom. The fraction of sp³-hybridized carbons (Fsp3) is 0.462. The third-order valence-electron chi connectivity index (χ3n) is 3.04. The predicted molar refractivity (Wildman–Crippen MR) is 64.3 cm³/mol. The highest BCUT2D eigenvalue weighted by Gasteiger charge is 2.21. The van der Waals surface area contributed by atoms with Crippen LogP contribution in [0.15, 0.2) is 24.3 Å². The van der Waals surface area contributed by atoms with Gasteiger partial charge in [0.05, 0.1) is 0 Å². The maximum Gasteiger partial charge on any atom is 0.253 e. The molecule has 1 atom stereocenters. The second kappa shape index (κ2) is 4.66. The Morgan fingerprint density at radius 2 is 2.06 bits per heavy atom. The zero-order valence-corrected chi connectivity index (χ0v) is 9.65. The molecule has 1 unspecified atom stereocenters. The third kappa shape index (κ3) is 2.42. The molecule has 1 aromatic carbocycles. The minimum absolute atomic E-state index is 0.107. The quantitative estimate of drug-likeness (QED) is 0.777. The lowest BCUT2D eigenvalue weighted by atomic mass is 10.0. The third-order valence-corrected chi connectivity index (χ3v) is 3.04. The van der Waals surface area contributed by atoms with E-state index < -0.39 is 0 Å². The SMILES string of the molecule is Cc1ccc(C(=O)N2CCCC(N)C2)cc1. The normalized spacial score (nSPS) is 20.9. The lowest BCUT2D eigenvalue weighted by molar-refractivity contribution is 0.0709. The molecule has 0 saturated carbocycles. The maximum atomic E-state index is 12.1. The highest BCUT2D eigenvalue weighted by molar-refractivity contribution is 5.94. The van der Waals surface area contributed by atoms with E-state index in [0.29, 0.717) is 6.54 Å². The fourth-order valence-corrected chi connectivity index (χ4v) is 2.07. The van der Waals surface area contributed by atoms with Gasteiger partial charge in [0.2, 0.25) is 0 Å². The zero-order chi connectivity index (χ0) is 11.5. The summed E-state index contributed by atoms with van der Waals surface area (Å²) in [6.07, 6.45) is 2.04. The van der Waals surface area contributed by atoms with Gasteiger partial charge in [0.1, 0.15) is 0 Å². The zero-order valence-electron chi connectivity index (χ0n) is 9.65. The van der Waals surface area contributed by atoms with Gasteiger partial charge in [-0.1, -0.05) is 17.7 Å². The molecule has 1 aliphatic rings. The largest absolute Gasteiger partial charge is 0.337 e.